The van der Waals surface area contributed by atoms with Crippen molar-refractivity contribution in [3.05, 3.63) is 24.3 Å². The summed E-state index contributed by atoms with van der Waals surface area (Å²) in [6.45, 7) is 0.209. The van der Waals surface area contributed by atoms with Crippen LogP contribution in [0.15, 0.2) is 29.2 Å². The van der Waals surface area contributed by atoms with Crippen molar-refractivity contribution in [3.8, 4) is 0 Å². The van der Waals surface area contributed by atoms with Crippen LogP contribution in [0.3, 0.4) is 0 Å². The molecule has 0 aliphatic carbocycles. The van der Waals surface area contributed by atoms with Crippen LogP contribution in [0.5, 0.6) is 0 Å². The first-order valence-electron chi connectivity index (χ1n) is 6.66. The van der Waals surface area contributed by atoms with E-state index in [9.17, 15) is 13.2 Å². The van der Waals surface area contributed by atoms with Gasteiger partial charge in [-0.15, -0.1) is 11.8 Å². The number of piperidine rings is 1. The number of benzene rings is 1. The molecule has 1 heterocycles. The van der Waals surface area contributed by atoms with Gasteiger partial charge in [0, 0.05) is 29.7 Å². The van der Waals surface area contributed by atoms with Crippen molar-refractivity contribution in [1.82, 2.24) is 4.90 Å². The van der Waals surface area contributed by atoms with Gasteiger partial charge in [-0.2, -0.15) is 13.2 Å². The largest absolute Gasteiger partial charge is 0.401 e. The van der Waals surface area contributed by atoms with Gasteiger partial charge in [-0.25, -0.2) is 0 Å². The van der Waals surface area contributed by atoms with Crippen LogP contribution < -0.4 is 5.32 Å². The number of halogens is 3. The molecule has 1 aliphatic rings. The highest BCUT2D eigenvalue weighted by Crippen LogP contribution is 2.23. The summed E-state index contributed by atoms with van der Waals surface area (Å²) in [5.74, 6) is 0. The molecule has 0 spiro atoms. The predicted molar refractivity (Wildman–Crippen MR) is 77.4 cm³/mol. The van der Waals surface area contributed by atoms with E-state index in [0.717, 1.165) is 18.5 Å². The standard InChI is InChI=1S/C14H19F3N2S/c1-20-13-4-2-3-12(9-13)18-11-5-7-19(8-6-11)10-14(15,16)17/h2-4,9,11,18H,5-8,10H2,1H3. The smallest absolute Gasteiger partial charge is 0.382 e. The summed E-state index contributed by atoms with van der Waals surface area (Å²) < 4.78 is 36.9. The van der Waals surface area contributed by atoms with Crippen LogP contribution >= 0.6 is 11.8 Å². The molecule has 1 aromatic rings. The van der Waals surface area contributed by atoms with Gasteiger partial charge in [0.1, 0.15) is 0 Å². The molecule has 2 nitrogen and oxygen atoms in total. The van der Waals surface area contributed by atoms with Crippen molar-refractivity contribution in [2.24, 2.45) is 0 Å². The van der Waals surface area contributed by atoms with Crippen molar-refractivity contribution in [1.29, 1.82) is 0 Å². The van der Waals surface area contributed by atoms with Gasteiger partial charge in [0.25, 0.3) is 0 Å². The highest BCUT2D eigenvalue weighted by Gasteiger charge is 2.32. The van der Waals surface area contributed by atoms with E-state index >= 15 is 0 Å². The first kappa shape index (κ1) is 15.5. The summed E-state index contributed by atoms with van der Waals surface area (Å²) >= 11 is 1.68. The number of hydrogen-bond acceptors (Lipinski definition) is 3. The Kier molecular flexibility index (Phi) is 5.21. The fraction of sp³-hybridized carbons (Fsp3) is 0.571. The molecule has 1 aliphatic heterocycles. The molecule has 0 atom stereocenters. The first-order valence-corrected chi connectivity index (χ1v) is 7.88. The van der Waals surface area contributed by atoms with Gasteiger partial charge in [0.2, 0.25) is 0 Å². The molecule has 1 fully saturated rings. The average molecular weight is 304 g/mol. The zero-order valence-electron chi connectivity index (χ0n) is 11.4. The molecule has 1 N–H and O–H groups in total. The second-order valence-electron chi connectivity index (χ2n) is 5.04. The Morgan fingerprint density at radius 1 is 1.30 bits per heavy atom. The minimum Gasteiger partial charge on any atom is -0.382 e. The fourth-order valence-electron chi connectivity index (χ4n) is 2.44. The summed E-state index contributed by atoms with van der Waals surface area (Å²) in [6, 6.07) is 8.38. The highest BCUT2D eigenvalue weighted by molar-refractivity contribution is 7.98. The molecule has 2 rings (SSSR count). The van der Waals surface area contributed by atoms with Crippen LogP contribution in [-0.2, 0) is 0 Å². The number of nitrogens with zero attached hydrogens (tertiary/aromatic N) is 1. The SMILES string of the molecule is CSc1cccc(NC2CCN(CC(F)(F)F)CC2)c1. The second kappa shape index (κ2) is 6.72. The second-order valence-corrected chi connectivity index (χ2v) is 5.92. The highest BCUT2D eigenvalue weighted by atomic mass is 32.2. The summed E-state index contributed by atoms with van der Waals surface area (Å²) in [7, 11) is 0. The Balaban J connectivity index is 1.82. The molecule has 0 unspecified atom stereocenters. The lowest BCUT2D eigenvalue weighted by Crippen LogP contribution is -2.43. The van der Waals surface area contributed by atoms with Crippen LogP contribution in [0.4, 0.5) is 18.9 Å². The van der Waals surface area contributed by atoms with Crippen LogP contribution in [0.2, 0.25) is 0 Å². The molecule has 112 valence electrons. The van der Waals surface area contributed by atoms with Gasteiger partial charge in [-0.3, -0.25) is 4.90 Å². The van der Waals surface area contributed by atoms with Gasteiger partial charge in [0.15, 0.2) is 0 Å². The Hall–Kier alpha value is -0.880. The zero-order chi connectivity index (χ0) is 14.6. The third-order valence-electron chi connectivity index (χ3n) is 3.43. The number of likely N-dealkylation sites (tertiary alicyclic amines) is 1. The molecule has 20 heavy (non-hydrogen) atoms. The minimum atomic E-state index is -4.09. The van der Waals surface area contributed by atoms with Crippen LogP contribution in [0.25, 0.3) is 0 Å². The number of alkyl halides is 3. The molecule has 0 radical (unpaired) electrons. The molecular weight excluding hydrogens is 285 g/mol. The fourth-order valence-corrected chi connectivity index (χ4v) is 2.90. The van der Waals surface area contributed by atoms with E-state index in [2.05, 4.69) is 11.4 Å². The average Bonchev–Trinajstić information content (AvgIpc) is 2.40. The van der Waals surface area contributed by atoms with E-state index in [-0.39, 0.29) is 6.04 Å². The van der Waals surface area contributed by atoms with Gasteiger partial charge < -0.3 is 5.32 Å². The Morgan fingerprint density at radius 3 is 2.60 bits per heavy atom. The Bertz CT molecular complexity index is 429. The van der Waals surface area contributed by atoms with Gasteiger partial charge in [-0.05, 0) is 37.3 Å². The molecule has 0 aromatic heterocycles. The molecule has 6 heteroatoms. The maximum atomic E-state index is 12.3. The van der Waals surface area contributed by atoms with Crippen molar-refractivity contribution in [3.63, 3.8) is 0 Å². The van der Waals surface area contributed by atoms with Crippen molar-refractivity contribution < 1.29 is 13.2 Å². The topological polar surface area (TPSA) is 15.3 Å². The molecule has 1 saturated heterocycles. The molecular formula is C14H19F3N2S. The van der Waals surface area contributed by atoms with Crippen molar-refractivity contribution in [2.45, 2.75) is 30.0 Å². The lowest BCUT2D eigenvalue weighted by molar-refractivity contribution is -0.147. The third kappa shape index (κ3) is 4.90. The summed E-state index contributed by atoms with van der Waals surface area (Å²) in [5, 5.41) is 3.42. The van der Waals surface area contributed by atoms with E-state index in [4.69, 9.17) is 0 Å². The Morgan fingerprint density at radius 2 is 2.00 bits per heavy atom. The summed E-state index contributed by atoms with van der Waals surface area (Å²) in [5.41, 5.74) is 1.05. The van der Waals surface area contributed by atoms with E-state index in [0.29, 0.717) is 13.1 Å². The lowest BCUT2D eigenvalue weighted by Gasteiger charge is -2.33. The van der Waals surface area contributed by atoms with Crippen molar-refractivity contribution in [2.75, 3.05) is 31.2 Å². The number of hydrogen-bond donors (Lipinski definition) is 1. The maximum Gasteiger partial charge on any atom is 0.401 e. The van der Waals surface area contributed by atoms with Crippen LogP contribution in [-0.4, -0.2) is 43.0 Å². The van der Waals surface area contributed by atoms with Gasteiger partial charge in [0.05, 0.1) is 6.54 Å². The molecule has 0 bridgehead atoms. The number of thioether (sulfide) groups is 1. The molecule has 1 aromatic carbocycles. The van der Waals surface area contributed by atoms with Gasteiger partial charge >= 0.3 is 6.18 Å². The summed E-state index contributed by atoms with van der Waals surface area (Å²) in [6.07, 6.45) is -0.569. The van der Waals surface area contributed by atoms with E-state index in [1.807, 2.05) is 24.5 Å². The monoisotopic (exact) mass is 304 g/mol. The number of anilines is 1. The lowest BCUT2D eigenvalue weighted by atomic mass is 10.0. The number of rotatable bonds is 4. The number of nitrogens with one attached hydrogen (secondary N) is 1. The van der Waals surface area contributed by atoms with Crippen LogP contribution in [0.1, 0.15) is 12.8 Å². The minimum absolute atomic E-state index is 0.261. The maximum absolute atomic E-state index is 12.3. The Labute approximate surface area is 121 Å². The van der Waals surface area contributed by atoms with E-state index < -0.39 is 12.7 Å². The van der Waals surface area contributed by atoms with Crippen molar-refractivity contribution >= 4 is 17.4 Å². The molecule has 0 amide bonds. The van der Waals surface area contributed by atoms with E-state index in [1.165, 1.54) is 9.80 Å². The van der Waals surface area contributed by atoms with Gasteiger partial charge in [-0.1, -0.05) is 6.07 Å². The zero-order valence-corrected chi connectivity index (χ0v) is 12.2. The third-order valence-corrected chi connectivity index (χ3v) is 4.16. The predicted octanol–water partition coefficient (Wildman–Crippen LogP) is 3.85. The van der Waals surface area contributed by atoms with E-state index in [1.54, 1.807) is 11.8 Å². The summed E-state index contributed by atoms with van der Waals surface area (Å²) in [4.78, 5) is 2.67. The van der Waals surface area contributed by atoms with Crippen LogP contribution in [0, 0.1) is 0 Å². The normalized spacial score (nSPS) is 18.2. The molecule has 0 saturated carbocycles. The quantitative estimate of drug-likeness (QED) is 0.851. The first-order chi connectivity index (χ1) is 9.46.